The molecule has 88 valence electrons. The molecule has 0 aliphatic heterocycles. The standard InChI is InChI=1S/C13H13ClN2O/c1-15-8-11-4-7-13(9-16-11)17-12-5-2-10(14)3-6-12/h2-7,9,15H,8H2,1H3. The van der Waals surface area contributed by atoms with Crippen LogP contribution in [0.5, 0.6) is 11.5 Å². The molecular weight excluding hydrogens is 236 g/mol. The summed E-state index contributed by atoms with van der Waals surface area (Å²) in [5, 5.41) is 3.74. The fourth-order valence-corrected chi connectivity index (χ4v) is 1.52. The molecule has 4 heteroatoms. The lowest BCUT2D eigenvalue weighted by Gasteiger charge is -2.06. The fourth-order valence-electron chi connectivity index (χ4n) is 1.40. The van der Waals surface area contributed by atoms with E-state index in [0.717, 1.165) is 18.0 Å². The number of hydrogen-bond acceptors (Lipinski definition) is 3. The average molecular weight is 249 g/mol. The molecule has 0 saturated carbocycles. The molecule has 0 spiro atoms. The van der Waals surface area contributed by atoms with Gasteiger partial charge in [0.25, 0.3) is 0 Å². The van der Waals surface area contributed by atoms with Crippen LogP contribution in [0.1, 0.15) is 5.69 Å². The van der Waals surface area contributed by atoms with Gasteiger partial charge in [0.1, 0.15) is 11.5 Å². The molecular formula is C13H13ClN2O. The summed E-state index contributed by atoms with van der Waals surface area (Å²) in [5.74, 6) is 1.46. The van der Waals surface area contributed by atoms with E-state index >= 15 is 0 Å². The number of aromatic nitrogens is 1. The Bertz CT molecular complexity index is 468. The zero-order valence-electron chi connectivity index (χ0n) is 9.48. The van der Waals surface area contributed by atoms with Gasteiger partial charge in [0, 0.05) is 11.6 Å². The topological polar surface area (TPSA) is 34.1 Å². The Kier molecular flexibility index (Phi) is 3.96. The maximum absolute atomic E-state index is 5.80. The third-order valence-corrected chi connectivity index (χ3v) is 2.46. The Labute approximate surface area is 105 Å². The van der Waals surface area contributed by atoms with Crippen LogP contribution in [0.4, 0.5) is 0 Å². The van der Waals surface area contributed by atoms with E-state index in [4.69, 9.17) is 16.3 Å². The van der Waals surface area contributed by atoms with Crippen LogP contribution in [0.2, 0.25) is 5.02 Å². The van der Waals surface area contributed by atoms with E-state index in [-0.39, 0.29) is 0 Å². The van der Waals surface area contributed by atoms with Gasteiger partial charge in [0.2, 0.25) is 0 Å². The largest absolute Gasteiger partial charge is 0.456 e. The molecule has 0 aliphatic carbocycles. The van der Waals surface area contributed by atoms with Crippen LogP contribution in [0.15, 0.2) is 42.6 Å². The molecule has 1 N–H and O–H groups in total. The minimum atomic E-state index is 0.694. The summed E-state index contributed by atoms with van der Waals surface area (Å²) in [7, 11) is 1.89. The third-order valence-electron chi connectivity index (χ3n) is 2.20. The van der Waals surface area contributed by atoms with Crippen molar-refractivity contribution in [2.24, 2.45) is 0 Å². The molecule has 0 atom stereocenters. The van der Waals surface area contributed by atoms with Crippen LogP contribution in [0.3, 0.4) is 0 Å². The Morgan fingerprint density at radius 2 is 1.82 bits per heavy atom. The van der Waals surface area contributed by atoms with Gasteiger partial charge >= 0.3 is 0 Å². The van der Waals surface area contributed by atoms with Crippen LogP contribution in [0, 0.1) is 0 Å². The lowest BCUT2D eigenvalue weighted by Crippen LogP contribution is -2.06. The van der Waals surface area contributed by atoms with Crippen molar-refractivity contribution in [3.8, 4) is 11.5 Å². The van der Waals surface area contributed by atoms with Gasteiger partial charge in [-0.1, -0.05) is 11.6 Å². The first-order valence-electron chi connectivity index (χ1n) is 5.31. The van der Waals surface area contributed by atoms with Gasteiger partial charge in [-0.05, 0) is 43.4 Å². The number of nitrogens with zero attached hydrogens (tertiary/aromatic N) is 1. The molecule has 0 unspecified atom stereocenters. The molecule has 2 aromatic rings. The SMILES string of the molecule is CNCc1ccc(Oc2ccc(Cl)cc2)cn1. The smallest absolute Gasteiger partial charge is 0.145 e. The van der Waals surface area contributed by atoms with Crippen LogP contribution >= 0.6 is 11.6 Å². The third kappa shape index (κ3) is 3.44. The van der Waals surface area contributed by atoms with Gasteiger partial charge in [-0.15, -0.1) is 0 Å². The minimum absolute atomic E-state index is 0.694. The molecule has 0 saturated heterocycles. The van der Waals surface area contributed by atoms with Crippen molar-refractivity contribution in [3.05, 3.63) is 53.3 Å². The average Bonchev–Trinajstić information content (AvgIpc) is 2.35. The lowest BCUT2D eigenvalue weighted by molar-refractivity contribution is 0.479. The second-order valence-electron chi connectivity index (χ2n) is 3.57. The normalized spacial score (nSPS) is 10.2. The number of pyridine rings is 1. The summed E-state index contributed by atoms with van der Waals surface area (Å²) < 4.78 is 5.62. The number of rotatable bonds is 4. The summed E-state index contributed by atoms with van der Waals surface area (Å²) >= 11 is 5.80. The summed E-state index contributed by atoms with van der Waals surface area (Å²) in [4.78, 5) is 4.27. The Balaban J connectivity index is 2.05. The predicted octanol–water partition coefficient (Wildman–Crippen LogP) is 3.25. The monoisotopic (exact) mass is 248 g/mol. The summed E-state index contributed by atoms with van der Waals surface area (Å²) in [6.45, 7) is 0.751. The predicted molar refractivity (Wildman–Crippen MR) is 68.5 cm³/mol. The van der Waals surface area contributed by atoms with Gasteiger partial charge in [-0.25, -0.2) is 0 Å². The van der Waals surface area contributed by atoms with E-state index in [9.17, 15) is 0 Å². The molecule has 3 nitrogen and oxygen atoms in total. The second kappa shape index (κ2) is 5.66. The van der Waals surface area contributed by atoms with Crippen molar-refractivity contribution in [2.75, 3.05) is 7.05 Å². The second-order valence-corrected chi connectivity index (χ2v) is 4.01. The molecule has 0 radical (unpaired) electrons. The highest BCUT2D eigenvalue weighted by molar-refractivity contribution is 6.30. The minimum Gasteiger partial charge on any atom is -0.456 e. The van der Waals surface area contributed by atoms with E-state index < -0.39 is 0 Å². The van der Waals surface area contributed by atoms with Crippen molar-refractivity contribution in [3.63, 3.8) is 0 Å². The Hall–Kier alpha value is -1.58. The van der Waals surface area contributed by atoms with Crippen molar-refractivity contribution >= 4 is 11.6 Å². The fraction of sp³-hybridized carbons (Fsp3) is 0.154. The van der Waals surface area contributed by atoms with Gasteiger partial charge in [-0.3, -0.25) is 4.98 Å². The van der Waals surface area contributed by atoms with Crippen molar-refractivity contribution in [1.82, 2.24) is 10.3 Å². The highest BCUT2D eigenvalue weighted by Crippen LogP contribution is 2.22. The highest BCUT2D eigenvalue weighted by atomic mass is 35.5. The van der Waals surface area contributed by atoms with Gasteiger partial charge in [0.15, 0.2) is 0 Å². The summed E-state index contributed by atoms with van der Waals surface area (Å²) in [5.41, 5.74) is 0.982. The molecule has 0 aliphatic rings. The zero-order valence-corrected chi connectivity index (χ0v) is 10.2. The first-order valence-corrected chi connectivity index (χ1v) is 5.68. The number of halogens is 1. The van der Waals surface area contributed by atoms with Crippen LogP contribution in [-0.4, -0.2) is 12.0 Å². The molecule has 17 heavy (non-hydrogen) atoms. The number of nitrogens with one attached hydrogen (secondary N) is 1. The molecule has 0 bridgehead atoms. The molecule has 0 amide bonds. The first kappa shape index (κ1) is 11.9. The summed E-state index contributed by atoms with van der Waals surface area (Å²) in [6.07, 6.45) is 1.71. The van der Waals surface area contributed by atoms with E-state index in [1.165, 1.54) is 0 Å². The van der Waals surface area contributed by atoms with Crippen molar-refractivity contribution in [1.29, 1.82) is 0 Å². The maximum Gasteiger partial charge on any atom is 0.145 e. The van der Waals surface area contributed by atoms with Gasteiger partial charge in [-0.2, -0.15) is 0 Å². The molecule has 0 fully saturated rings. The molecule has 1 aromatic heterocycles. The van der Waals surface area contributed by atoms with Gasteiger partial charge in [0.05, 0.1) is 11.9 Å². The van der Waals surface area contributed by atoms with E-state index in [2.05, 4.69) is 10.3 Å². The van der Waals surface area contributed by atoms with Gasteiger partial charge < -0.3 is 10.1 Å². The molecule has 1 aromatic carbocycles. The lowest BCUT2D eigenvalue weighted by atomic mass is 10.3. The van der Waals surface area contributed by atoms with Crippen LogP contribution < -0.4 is 10.1 Å². The Morgan fingerprint density at radius 1 is 1.12 bits per heavy atom. The van der Waals surface area contributed by atoms with E-state index in [1.807, 2.05) is 31.3 Å². The number of benzene rings is 1. The van der Waals surface area contributed by atoms with E-state index in [0.29, 0.717) is 10.8 Å². The molecule has 1 heterocycles. The zero-order chi connectivity index (χ0) is 12.1. The van der Waals surface area contributed by atoms with Crippen molar-refractivity contribution < 1.29 is 4.74 Å². The van der Waals surface area contributed by atoms with E-state index in [1.54, 1.807) is 18.3 Å². The number of hydrogen-bond donors (Lipinski definition) is 1. The molecule has 2 rings (SSSR count). The quantitative estimate of drug-likeness (QED) is 0.902. The van der Waals surface area contributed by atoms with Crippen molar-refractivity contribution in [2.45, 2.75) is 6.54 Å². The Morgan fingerprint density at radius 3 is 2.41 bits per heavy atom. The summed E-state index contributed by atoms with van der Waals surface area (Å²) in [6, 6.07) is 11.1. The van der Waals surface area contributed by atoms with Crippen LogP contribution in [-0.2, 0) is 6.54 Å². The maximum atomic E-state index is 5.80. The highest BCUT2D eigenvalue weighted by Gasteiger charge is 1.98. The number of ether oxygens (including phenoxy) is 1. The first-order chi connectivity index (χ1) is 8.28. The van der Waals surface area contributed by atoms with Crippen LogP contribution in [0.25, 0.3) is 0 Å².